The van der Waals surface area contributed by atoms with Crippen molar-refractivity contribution >= 4 is 33.2 Å². The predicted molar refractivity (Wildman–Crippen MR) is 83.7 cm³/mol. The first-order chi connectivity index (χ1) is 9.11. The average molecular weight is 341 g/mol. The molecule has 2 nitrogen and oxygen atoms in total. The Kier molecular flexibility index (Phi) is 4.72. The van der Waals surface area contributed by atoms with Gasteiger partial charge in [-0.3, -0.25) is 0 Å². The van der Waals surface area contributed by atoms with E-state index >= 15 is 0 Å². The molecule has 0 amide bonds. The van der Waals surface area contributed by atoms with Crippen LogP contribution in [0.25, 0.3) is 0 Å². The molecular formula is C15H15BrClNO. The first kappa shape index (κ1) is 14.2. The van der Waals surface area contributed by atoms with E-state index in [0.29, 0.717) is 12.3 Å². The number of anilines is 1. The van der Waals surface area contributed by atoms with Crippen LogP contribution in [0.1, 0.15) is 18.1 Å². The summed E-state index contributed by atoms with van der Waals surface area (Å²) in [6.45, 7) is 2.54. The van der Waals surface area contributed by atoms with E-state index in [-0.39, 0.29) is 0 Å². The molecular weight excluding hydrogens is 326 g/mol. The Morgan fingerprint density at radius 2 is 2.00 bits per heavy atom. The van der Waals surface area contributed by atoms with Gasteiger partial charge in [0.1, 0.15) is 12.4 Å². The molecule has 0 heterocycles. The van der Waals surface area contributed by atoms with Gasteiger partial charge in [-0.05, 0) is 52.2 Å². The first-order valence-corrected chi connectivity index (χ1v) is 7.23. The summed E-state index contributed by atoms with van der Waals surface area (Å²) in [5.41, 5.74) is 8.66. The summed E-state index contributed by atoms with van der Waals surface area (Å²) < 4.78 is 6.67. The molecule has 0 radical (unpaired) electrons. The number of rotatable bonds is 4. The molecule has 0 fully saturated rings. The van der Waals surface area contributed by atoms with Crippen LogP contribution in [0.2, 0.25) is 5.02 Å². The molecule has 0 atom stereocenters. The highest BCUT2D eigenvalue weighted by molar-refractivity contribution is 9.10. The van der Waals surface area contributed by atoms with Gasteiger partial charge in [-0.2, -0.15) is 0 Å². The molecule has 2 N–H and O–H groups in total. The number of aryl methyl sites for hydroxylation is 1. The van der Waals surface area contributed by atoms with Crippen LogP contribution < -0.4 is 10.5 Å². The molecule has 0 aliphatic rings. The fourth-order valence-corrected chi connectivity index (χ4v) is 2.41. The third kappa shape index (κ3) is 3.43. The molecule has 19 heavy (non-hydrogen) atoms. The molecule has 0 saturated heterocycles. The van der Waals surface area contributed by atoms with Crippen molar-refractivity contribution in [2.75, 3.05) is 5.73 Å². The quantitative estimate of drug-likeness (QED) is 0.809. The van der Waals surface area contributed by atoms with Gasteiger partial charge >= 0.3 is 0 Å². The van der Waals surface area contributed by atoms with Crippen LogP contribution >= 0.6 is 27.5 Å². The third-order valence-corrected chi connectivity index (χ3v) is 4.24. The second-order valence-corrected chi connectivity index (χ2v) is 5.42. The number of nitrogens with two attached hydrogens (primary N) is 1. The zero-order chi connectivity index (χ0) is 13.8. The fraction of sp³-hybridized carbons (Fsp3) is 0.200. The maximum absolute atomic E-state index is 6.08. The Morgan fingerprint density at radius 1 is 1.21 bits per heavy atom. The molecule has 0 aliphatic heterocycles. The molecule has 2 aromatic carbocycles. The van der Waals surface area contributed by atoms with Crippen molar-refractivity contribution in [1.82, 2.24) is 0 Å². The number of benzene rings is 2. The normalized spacial score (nSPS) is 10.5. The number of ether oxygens (including phenoxy) is 1. The van der Waals surface area contributed by atoms with E-state index in [9.17, 15) is 0 Å². The lowest BCUT2D eigenvalue weighted by Gasteiger charge is -2.11. The number of halogens is 2. The Hall–Kier alpha value is -1.19. The van der Waals surface area contributed by atoms with E-state index in [4.69, 9.17) is 22.1 Å². The Bertz CT molecular complexity index is 586. The molecule has 0 spiro atoms. The van der Waals surface area contributed by atoms with E-state index in [1.54, 1.807) is 0 Å². The van der Waals surface area contributed by atoms with Crippen LogP contribution in [0.4, 0.5) is 5.69 Å². The molecule has 0 aromatic heterocycles. The second-order valence-electron chi connectivity index (χ2n) is 4.22. The summed E-state index contributed by atoms with van der Waals surface area (Å²) >= 11 is 9.55. The summed E-state index contributed by atoms with van der Waals surface area (Å²) in [6.07, 6.45) is 0.887. The zero-order valence-electron chi connectivity index (χ0n) is 10.6. The van der Waals surface area contributed by atoms with Crippen molar-refractivity contribution in [2.24, 2.45) is 0 Å². The lowest BCUT2D eigenvalue weighted by molar-refractivity contribution is 0.305. The number of hydrogen-bond acceptors (Lipinski definition) is 2. The zero-order valence-corrected chi connectivity index (χ0v) is 13.0. The SMILES string of the molecule is CCc1cc(OCc2cccc(N)c2Br)ccc1Cl. The fourth-order valence-electron chi connectivity index (χ4n) is 1.78. The van der Waals surface area contributed by atoms with Crippen LogP contribution in [-0.4, -0.2) is 0 Å². The van der Waals surface area contributed by atoms with Crippen LogP contribution in [0.5, 0.6) is 5.75 Å². The van der Waals surface area contributed by atoms with Crippen molar-refractivity contribution < 1.29 is 4.74 Å². The molecule has 0 bridgehead atoms. The molecule has 2 rings (SSSR count). The molecule has 0 aliphatic carbocycles. The smallest absolute Gasteiger partial charge is 0.120 e. The van der Waals surface area contributed by atoms with Gasteiger partial charge in [0.05, 0.1) is 0 Å². The van der Waals surface area contributed by atoms with E-state index in [1.165, 1.54) is 0 Å². The highest BCUT2D eigenvalue weighted by atomic mass is 79.9. The maximum Gasteiger partial charge on any atom is 0.120 e. The standard InChI is InChI=1S/C15H15BrClNO/c1-2-10-8-12(6-7-13(10)17)19-9-11-4-3-5-14(18)15(11)16/h3-8H,2,9,18H2,1H3. The lowest BCUT2D eigenvalue weighted by Crippen LogP contribution is -1.99. The predicted octanol–water partition coefficient (Wildman–Crippen LogP) is 4.83. The van der Waals surface area contributed by atoms with Gasteiger partial charge < -0.3 is 10.5 Å². The van der Waals surface area contributed by atoms with Crippen molar-refractivity contribution in [3.8, 4) is 5.75 Å². The summed E-state index contributed by atoms with van der Waals surface area (Å²) in [5, 5.41) is 0.778. The van der Waals surface area contributed by atoms with Crippen LogP contribution in [0.15, 0.2) is 40.9 Å². The van der Waals surface area contributed by atoms with Crippen LogP contribution in [0.3, 0.4) is 0 Å². The van der Waals surface area contributed by atoms with Crippen LogP contribution in [-0.2, 0) is 13.0 Å². The van der Waals surface area contributed by atoms with Gasteiger partial charge in [0.15, 0.2) is 0 Å². The highest BCUT2D eigenvalue weighted by Crippen LogP contribution is 2.26. The summed E-state index contributed by atoms with van der Waals surface area (Å²) in [6, 6.07) is 11.5. The molecule has 2 aromatic rings. The Labute approximate surface area is 126 Å². The number of nitrogen functional groups attached to an aromatic ring is 1. The summed E-state index contributed by atoms with van der Waals surface area (Å²) in [5.74, 6) is 0.815. The topological polar surface area (TPSA) is 35.2 Å². The van der Waals surface area contributed by atoms with Gasteiger partial charge in [-0.15, -0.1) is 0 Å². The first-order valence-electron chi connectivity index (χ1n) is 6.06. The minimum atomic E-state index is 0.469. The summed E-state index contributed by atoms with van der Waals surface area (Å²) in [7, 11) is 0. The second kappa shape index (κ2) is 6.31. The Balaban J connectivity index is 2.12. The van der Waals surface area contributed by atoms with Gasteiger partial charge in [0.25, 0.3) is 0 Å². The van der Waals surface area contributed by atoms with Crippen LogP contribution in [0, 0.1) is 0 Å². The largest absolute Gasteiger partial charge is 0.489 e. The minimum Gasteiger partial charge on any atom is -0.489 e. The van der Waals surface area contributed by atoms with E-state index in [0.717, 1.165) is 32.8 Å². The third-order valence-electron chi connectivity index (χ3n) is 2.90. The minimum absolute atomic E-state index is 0.469. The lowest BCUT2D eigenvalue weighted by atomic mass is 10.1. The average Bonchev–Trinajstić information content (AvgIpc) is 2.42. The van der Waals surface area contributed by atoms with Gasteiger partial charge in [-0.25, -0.2) is 0 Å². The molecule has 0 unspecified atom stereocenters. The van der Waals surface area contributed by atoms with Gasteiger partial charge in [0, 0.05) is 20.7 Å². The monoisotopic (exact) mass is 339 g/mol. The van der Waals surface area contributed by atoms with Gasteiger partial charge in [0.2, 0.25) is 0 Å². The number of hydrogen-bond donors (Lipinski definition) is 1. The van der Waals surface area contributed by atoms with Crippen molar-refractivity contribution in [1.29, 1.82) is 0 Å². The van der Waals surface area contributed by atoms with E-state index < -0.39 is 0 Å². The van der Waals surface area contributed by atoms with Gasteiger partial charge in [-0.1, -0.05) is 30.7 Å². The highest BCUT2D eigenvalue weighted by Gasteiger charge is 2.05. The van der Waals surface area contributed by atoms with Crippen molar-refractivity contribution in [3.63, 3.8) is 0 Å². The van der Waals surface area contributed by atoms with Crippen molar-refractivity contribution in [3.05, 3.63) is 57.0 Å². The van der Waals surface area contributed by atoms with E-state index in [2.05, 4.69) is 22.9 Å². The van der Waals surface area contributed by atoms with Crippen molar-refractivity contribution in [2.45, 2.75) is 20.0 Å². The van der Waals surface area contributed by atoms with E-state index in [1.807, 2.05) is 36.4 Å². The summed E-state index contributed by atoms with van der Waals surface area (Å²) in [4.78, 5) is 0. The maximum atomic E-state index is 6.08. The Morgan fingerprint density at radius 3 is 2.74 bits per heavy atom. The molecule has 0 saturated carbocycles. The molecule has 100 valence electrons. The molecule has 4 heteroatoms.